The second kappa shape index (κ2) is 4.96. The summed E-state index contributed by atoms with van der Waals surface area (Å²) in [6.07, 6.45) is 5.62. The zero-order valence-corrected chi connectivity index (χ0v) is 10.5. The molecule has 0 aromatic carbocycles. The van der Waals surface area contributed by atoms with Crippen LogP contribution in [-0.2, 0) is 6.42 Å². The van der Waals surface area contributed by atoms with Crippen LogP contribution in [0, 0.1) is 5.92 Å². The van der Waals surface area contributed by atoms with Crippen molar-refractivity contribution >= 4 is 0 Å². The Morgan fingerprint density at radius 1 is 1.50 bits per heavy atom. The van der Waals surface area contributed by atoms with Crippen LogP contribution in [0.2, 0.25) is 0 Å². The number of fused-ring (bicyclic) bond motifs is 1. The minimum atomic E-state index is 0.580. The summed E-state index contributed by atoms with van der Waals surface area (Å²) in [7, 11) is 2.08. The van der Waals surface area contributed by atoms with Gasteiger partial charge in [-0.05, 0) is 43.9 Å². The van der Waals surface area contributed by atoms with Crippen LogP contribution in [0.3, 0.4) is 0 Å². The number of nitrogens with zero attached hydrogens (tertiary/aromatic N) is 1. The van der Waals surface area contributed by atoms with Gasteiger partial charge in [0.25, 0.3) is 0 Å². The molecule has 2 heteroatoms. The number of hydrogen-bond acceptors (Lipinski definition) is 2. The molecular formula is C14H22N2. The fourth-order valence-electron chi connectivity index (χ4n) is 2.83. The summed E-state index contributed by atoms with van der Waals surface area (Å²) in [6, 6.07) is 4.86. The maximum atomic E-state index is 4.58. The summed E-state index contributed by atoms with van der Waals surface area (Å²) >= 11 is 0. The summed E-state index contributed by atoms with van der Waals surface area (Å²) < 4.78 is 0. The molecule has 0 bridgehead atoms. The lowest BCUT2D eigenvalue weighted by molar-refractivity contribution is 0.378. The third kappa shape index (κ3) is 2.27. The van der Waals surface area contributed by atoms with E-state index in [9.17, 15) is 0 Å². The van der Waals surface area contributed by atoms with E-state index in [2.05, 4.69) is 43.3 Å². The minimum absolute atomic E-state index is 0.580. The molecule has 88 valence electrons. The van der Waals surface area contributed by atoms with Crippen molar-refractivity contribution in [3.8, 4) is 0 Å². The molecule has 0 spiro atoms. The molecule has 2 unspecified atom stereocenters. The van der Waals surface area contributed by atoms with Crippen molar-refractivity contribution in [3.63, 3.8) is 0 Å². The Bertz CT molecular complexity index is 346. The Morgan fingerprint density at radius 3 is 3.00 bits per heavy atom. The number of aromatic nitrogens is 1. The normalized spacial score (nSPS) is 21.1. The van der Waals surface area contributed by atoms with E-state index in [1.807, 2.05) is 6.20 Å². The predicted molar refractivity (Wildman–Crippen MR) is 67.6 cm³/mol. The Morgan fingerprint density at radius 2 is 2.31 bits per heavy atom. The van der Waals surface area contributed by atoms with E-state index in [0.717, 1.165) is 5.92 Å². The second-order valence-corrected chi connectivity index (χ2v) is 5.22. The third-order valence-electron chi connectivity index (χ3n) is 3.58. The molecule has 1 aromatic rings. The van der Waals surface area contributed by atoms with E-state index in [4.69, 9.17) is 0 Å². The topological polar surface area (TPSA) is 24.9 Å². The van der Waals surface area contributed by atoms with E-state index < -0.39 is 0 Å². The molecule has 16 heavy (non-hydrogen) atoms. The van der Waals surface area contributed by atoms with Gasteiger partial charge >= 0.3 is 0 Å². The highest BCUT2D eigenvalue weighted by Gasteiger charge is 2.30. The Hall–Kier alpha value is -0.890. The summed E-state index contributed by atoms with van der Waals surface area (Å²) in [5.74, 6) is 1.36. The van der Waals surface area contributed by atoms with Gasteiger partial charge in [0.2, 0.25) is 0 Å². The van der Waals surface area contributed by atoms with Gasteiger partial charge in [-0.15, -0.1) is 0 Å². The van der Waals surface area contributed by atoms with Crippen molar-refractivity contribution < 1.29 is 0 Å². The maximum absolute atomic E-state index is 4.58. The Kier molecular flexibility index (Phi) is 3.59. The molecule has 2 nitrogen and oxygen atoms in total. The van der Waals surface area contributed by atoms with E-state index >= 15 is 0 Å². The molecule has 0 saturated carbocycles. The summed E-state index contributed by atoms with van der Waals surface area (Å²) in [6.45, 7) is 4.58. The smallest absolute Gasteiger partial charge is 0.0482 e. The molecule has 1 heterocycles. The highest BCUT2D eigenvalue weighted by atomic mass is 14.9. The molecule has 0 fully saturated rings. The summed E-state index contributed by atoms with van der Waals surface area (Å²) in [5.41, 5.74) is 2.79. The van der Waals surface area contributed by atoms with E-state index in [0.29, 0.717) is 12.0 Å². The molecule has 1 N–H and O–H groups in total. The standard InChI is InChI=1S/C14H22N2/c1-10(2)9-13(15-3)12-7-6-11-5-4-8-16-14(11)12/h4-5,8,10,12-13,15H,6-7,9H2,1-3H3. The third-order valence-corrected chi connectivity index (χ3v) is 3.58. The molecule has 0 aliphatic heterocycles. The Balaban J connectivity index is 2.16. The van der Waals surface area contributed by atoms with Gasteiger partial charge in [-0.2, -0.15) is 0 Å². The summed E-state index contributed by atoms with van der Waals surface area (Å²) in [4.78, 5) is 4.58. The molecule has 1 aliphatic carbocycles. The number of aryl methyl sites for hydroxylation is 1. The lowest BCUT2D eigenvalue weighted by Gasteiger charge is -2.25. The van der Waals surface area contributed by atoms with Gasteiger partial charge < -0.3 is 5.32 Å². The van der Waals surface area contributed by atoms with Crippen LogP contribution >= 0.6 is 0 Å². The van der Waals surface area contributed by atoms with Crippen LogP contribution in [-0.4, -0.2) is 18.1 Å². The van der Waals surface area contributed by atoms with Crippen LogP contribution < -0.4 is 5.32 Å². The lowest BCUT2D eigenvalue weighted by Crippen LogP contribution is -2.32. The summed E-state index contributed by atoms with van der Waals surface area (Å²) in [5, 5.41) is 3.48. The van der Waals surface area contributed by atoms with Gasteiger partial charge in [0.05, 0.1) is 0 Å². The fourth-order valence-corrected chi connectivity index (χ4v) is 2.83. The van der Waals surface area contributed by atoms with E-state index in [-0.39, 0.29) is 0 Å². The van der Waals surface area contributed by atoms with Crippen LogP contribution in [0.1, 0.15) is 43.9 Å². The molecule has 0 saturated heterocycles. The highest BCUT2D eigenvalue weighted by molar-refractivity contribution is 5.29. The average molecular weight is 218 g/mol. The van der Waals surface area contributed by atoms with Crippen molar-refractivity contribution in [1.82, 2.24) is 10.3 Å². The van der Waals surface area contributed by atoms with E-state index in [1.54, 1.807) is 0 Å². The zero-order valence-electron chi connectivity index (χ0n) is 10.5. The average Bonchev–Trinajstić information content (AvgIpc) is 2.69. The first-order chi connectivity index (χ1) is 7.72. The van der Waals surface area contributed by atoms with Crippen LogP contribution in [0.5, 0.6) is 0 Å². The molecular weight excluding hydrogens is 196 g/mol. The predicted octanol–water partition coefficient (Wildman–Crippen LogP) is 2.75. The number of hydrogen-bond donors (Lipinski definition) is 1. The first kappa shape index (κ1) is 11.6. The lowest BCUT2D eigenvalue weighted by atomic mass is 9.90. The van der Waals surface area contributed by atoms with Gasteiger partial charge in [-0.25, -0.2) is 0 Å². The van der Waals surface area contributed by atoms with Crippen molar-refractivity contribution in [3.05, 3.63) is 29.6 Å². The molecule has 0 amide bonds. The fraction of sp³-hybridized carbons (Fsp3) is 0.643. The maximum Gasteiger partial charge on any atom is 0.0482 e. The quantitative estimate of drug-likeness (QED) is 0.840. The van der Waals surface area contributed by atoms with Gasteiger partial charge in [0.1, 0.15) is 0 Å². The highest BCUT2D eigenvalue weighted by Crippen LogP contribution is 2.35. The zero-order chi connectivity index (χ0) is 11.5. The van der Waals surface area contributed by atoms with Gasteiger partial charge in [-0.1, -0.05) is 19.9 Å². The SMILES string of the molecule is CNC(CC(C)C)C1CCc2cccnc21. The van der Waals surface area contributed by atoms with E-state index in [1.165, 1.54) is 30.5 Å². The van der Waals surface area contributed by atoms with Crippen molar-refractivity contribution in [2.75, 3.05) is 7.05 Å². The van der Waals surface area contributed by atoms with Crippen LogP contribution in [0.4, 0.5) is 0 Å². The minimum Gasteiger partial charge on any atom is -0.316 e. The largest absolute Gasteiger partial charge is 0.316 e. The second-order valence-electron chi connectivity index (χ2n) is 5.22. The molecule has 2 rings (SSSR count). The van der Waals surface area contributed by atoms with Gasteiger partial charge in [0.15, 0.2) is 0 Å². The number of nitrogens with one attached hydrogen (secondary N) is 1. The Labute approximate surface area is 98.5 Å². The molecule has 2 atom stereocenters. The van der Waals surface area contributed by atoms with Crippen LogP contribution in [0.15, 0.2) is 18.3 Å². The monoisotopic (exact) mass is 218 g/mol. The van der Waals surface area contributed by atoms with Gasteiger partial charge in [-0.3, -0.25) is 4.98 Å². The number of rotatable bonds is 4. The molecule has 1 aromatic heterocycles. The van der Waals surface area contributed by atoms with Crippen molar-refractivity contribution in [1.29, 1.82) is 0 Å². The van der Waals surface area contributed by atoms with Crippen molar-refractivity contribution in [2.24, 2.45) is 5.92 Å². The van der Waals surface area contributed by atoms with Crippen molar-refractivity contribution in [2.45, 2.75) is 45.1 Å². The number of pyridine rings is 1. The van der Waals surface area contributed by atoms with Crippen LogP contribution in [0.25, 0.3) is 0 Å². The first-order valence-electron chi connectivity index (χ1n) is 6.33. The number of likely N-dealkylation sites (N-methyl/N-ethyl adjacent to an activating group) is 1. The van der Waals surface area contributed by atoms with Gasteiger partial charge in [0, 0.05) is 23.9 Å². The molecule has 0 radical (unpaired) electrons. The first-order valence-corrected chi connectivity index (χ1v) is 6.33. The molecule has 1 aliphatic rings.